The summed E-state index contributed by atoms with van der Waals surface area (Å²) in [6.45, 7) is 5.95. The van der Waals surface area contributed by atoms with Crippen LogP contribution >= 0.6 is 23.8 Å². The Hall–Kier alpha value is -2.31. The zero-order valence-corrected chi connectivity index (χ0v) is 15.1. The van der Waals surface area contributed by atoms with E-state index in [2.05, 4.69) is 17.2 Å². The van der Waals surface area contributed by atoms with Crippen molar-refractivity contribution in [3.8, 4) is 11.3 Å². The predicted octanol–water partition coefficient (Wildman–Crippen LogP) is 3.81. The number of carbonyl (C=O) groups is 1. The van der Waals surface area contributed by atoms with Crippen LogP contribution in [0.1, 0.15) is 18.7 Å². The molecule has 0 bridgehead atoms. The van der Waals surface area contributed by atoms with Crippen molar-refractivity contribution in [3.05, 3.63) is 59.5 Å². The van der Waals surface area contributed by atoms with Gasteiger partial charge < -0.3 is 19.8 Å². The van der Waals surface area contributed by atoms with Gasteiger partial charge >= 0.3 is 5.97 Å². The van der Waals surface area contributed by atoms with Crippen LogP contribution in [0.5, 0.6) is 0 Å². The zero-order chi connectivity index (χ0) is 18.0. The zero-order valence-electron chi connectivity index (χ0n) is 13.5. The highest BCUT2D eigenvalue weighted by atomic mass is 35.5. The van der Waals surface area contributed by atoms with E-state index < -0.39 is 12.0 Å². The Morgan fingerprint density at radius 3 is 2.72 bits per heavy atom. The monoisotopic (exact) mass is 376 g/mol. The second-order valence-corrected chi connectivity index (χ2v) is 6.38. The minimum atomic E-state index is -0.643. The Morgan fingerprint density at radius 2 is 2.04 bits per heavy atom. The van der Waals surface area contributed by atoms with Gasteiger partial charge in [-0.3, -0.25) is 4.79 Å². The number of carbonyl (C=O) groups excluding carboxylic acids is 1. The molecule has 5 nitrogen and oxygen atoms in total. The quantitative estimate of drug-likeness (QED) is 0.625. The molecule has 1 fully saturated rings. The van der Waals surface area contributed by atoms with Crippen molar-refractivity contribution in [1.29, 1.82) is 0 Å². The van der Waals surface area contributed by atoms with E-state index in [4.69, 9.17) is 33.0 Å². The summed E-state index contributed by atoms with van der Waals surface area (Å²) in [6, 6.07) is 10.5. The molecule has 0 spiro atoms. The second kappa shape index (κ2) is 7.29. The number of rotatable bonds is 4. The molecule has 2 atom stereocenters. The van der Waals surface area contributed by atoms with Crippen LogP contribution in [-0.2, 0) is 9.53 Å². The van der Waals surface area contributed by atoms with E-state index in [9.17, 15) is 4.79 Å². The van der Waals surface area contributed by atoms with Crippen molar-refractivity contribution in [3.63, 3.8) is 0 Å². The Morgan fingerprint density at radius 1 is 1.32 bits per heavy atom. The van der Waals surface area contributed by atoms with Crippen LogP contribution in [0.2, 0.25) is 5.02 Å². The van der Waals surface area contributed by atoms with E-state index in [1.54, 1.807) is 19.1 Å². The lowest BCUT2D eigenvalue weighted by Gasteiger charge is -2.33. The molecule has 130 valence electrons. The smallest absolute Gasteiger partial charge is 0.317 e. The van der Waals surface area contributed by atoms with E-state index in [1.165, 1.54) is 0 Å². The molecule has 25 heavy (non-hydrogen) atoms. The Balaban J connectivity index is 1.92. The summed E-state index contributed by atoms with van der Waals surface area (Å²) >= 11 is 11.1. The molecule has 1 aliphatic heterocycles. The molecular weight excluding hydrogens is 360 g/mol. The first-order chi connectivity index (χ1) is 12.0. The van der Waals surface area contributed by atoms with Crippen LogP contribution in [0.4, 0.5) is 0 Å². The fourth-order valence-electron chi connectivity index (χ4n) is 2.72. The van der Waals surface area contributed by atoms with Gasteiger partial charge in [0.2, 0.25) is 0 Å². The highest BCUT2D eigenvalue weighted by Crippen LogP contribution is 2.34. The minimum Gasteiger partial charge on any atom is -0.465 e. The third-order valence-corrected chi connectivity index (χ3v) is 4.34. The second-order valence-electron chi connectivity index (χ2n) is 5.54. The summed E-state index contributed by atoms with van der Waals surface area (Å²) in [7, 11) is 0. The van der Waals surface area contributed by atoms with Gasteiger partial charge in [-0.25, -0.2) is 0 Å². The number of ether oxygens (including phenoxy) is 1. The van der Waals surface area contributed by atoms with Crippen molar-refractivity contribution in [2.24, 2.45) is 5.92 Å². The van der Waals surface area contributed by atoms with Crippen molar-refractivity contribution < 1.29 is 13.9 Å². The van der Waals surface area contributed by atoms with Crippen molar-refractivity contribution in [2.75, 3.05) is 6.61 Å². The van der Waals surface area contributed by atoms with Gasteiger partial charge in [-0.15, -0.1) is 0 Å². The SMILES string of the molecule is C=C1NC(=S)N[C@H](c2ccc(-c3ccc(Cl)cc3)o2)[C@H]1C(=O)OCC. The normalized spacial score (nSPS) is 19.9. The Labute approximate surface area is 156 Å². The third kappa shape index (κ3) is 3.70. The van der Waals surface area contributed by atoms with Gasteiger partial charge in [0, 0.05) is 16.3 Å². The number of benzene rings is 1. The molecule has 1 aromatic carbocycles. The topological polar surface area (TPSA) is 63.5 Å². The lowest BCUT2D eigenvalue weighted by Crippen LogP contribution is -2.50. The minimum absolute atomic E-state index is 0.286. The fourth-order valence-corrected chi connectivity index (χ4v) is 3.10. The summed E-state index contributed by atoms with van der Waals surface area (Å²) in [5.74, 6) is 0.222. The number of esters is 1. The average molecular weight is 377 g/mol. The van der Waals surface area contributed by atoms with E-state index in [-0.39, 0.29) is 12.6 Å². The first kappa shape index (κ1) is 17.5. The average Bonchev–Trinajstić information content (AvgIpc) is 3.04. The molecule has 1 saturated heterocycles. The number of thiocarbonyl (C=S) groups is 1. The van der Waals surface area contributed by atoms with Crippen LogP contribution < -0.4 is 10.6 Å². The van der Waals surface area contributed by atoms with E-state index in [1.807, 2.05) is 24.3 Å². The molecule has 1 aliphatic rings. The highest BCUT2D eigenvalue weighted by molar-refractivity contribution is 7.80. The Bertz CT molecular complexity index is 816. The van der Waals surface area contributed by atoms with Gasteiger partial charge in [0.05, 0.1) is 6.61 Å². The number of hydrogen-bond acceptors (Lipinski definition) is 4. The van der Waals surface area contributed by atoms with Gasteiger partial charge in [0.15, 0.2) is 5.11 Å². The molecule has 2 aromatic rings. The largest absolute Gasteiger partial charge is 0.465 e. The number of nitrogens with one attached hydrogen (secondary N) is 2. The molecular formula is C18H17ClN2O3S. The Kier molecular flexibility index (Phi) is 5.11. The maximum absolute atomic E-state index is 12.4. The van der Waals surface area contributed by atoms with Crippen LogP contribution in [0.15, 0.2) is 53.1 Å². The molecule has 0 aliphatic carbocycles. The molecule has 0 unspecified atom stereocenters. The fraction of sp³-hybridized carbons (Fsp3) is 0.222. The van der Waals surface area contributed by atoms with Crippen molar-refractivity contribution >= 4 is 34.9 Å². The summed E-state index contributed by atoms with van der Waals surface area (Å²) in [4.78, 5) is 12.4. The molecule has 2 heterocycles. The van der Waals surface area contributed by atoms with Gasteiger partial charge in [0.1, 0.15) is 23.5 Å². The summed E-state index contributed by atoms with van der Waals surface area (Å²) in [6.07, 6.45) is 0. The van der Waals surface area contributed by atoms with Crippen molar-refractivity contribution in [2.45, 2.75) is 13.0 Å². The van der Waals surface area contributed by atoms with E-state index in [0.29, 0.717) is 27.4 Å². The highest BCUT2D eigenvalue weighted by Gasteiger charge is 2.39. The summed E-state index contributed by atoms with van der Waals surface area (Å²) in [5, 5.41) is 6.99. The molecule has 7 heteroatoms. The van der Waals surface area contributed by atoms with Gasteiger partial charge in [0.25, 0.3) is 0 Å². The lowest BCUT2D eigenvalue weighted by atomic mass is 9.93. The maximum Gasteiger partial charge on any atom is 0.317 e. The number of hydrogen-bond donors (Lipinski definition) is 2. The van der Waals surface area contributed by atoms with Crippen LogP contribution in [-0.4, -0.2) is 17.7 Å². The lowest BCUT2D eigenvalue weighted by molar-refractivity contribution is -0.148. The number of furan rings is 1. The molecule has 3 rings (SSSR count). The molecule has 0 saturated carbocycles. The summed E-state index contributed by atoms with van der Waals surface area (Å²) in [5.41, 5.74) is 1.37. The first-order valence-corrected chi connectivity index (χ1v) is 8.57. The predicted molar refractivity (Wildman–Crippen MR) is 100 cm³/mol. The van der Waals surface area contributed by atoms with E-state index >= 15 is 0 Å². The number of halogens is 1. The molecule has 0 amide bonds. The van der Waals surface area contributed by atoms with Crippen LogP contribution in [0.3, 0.4) is 0 Å². The molecule has 1 aromatic heterocycles. The summed E-state index contributed by atoms with van der Waals surface area (Å²) < 4.78 is 11.1. The molecule has 0 radical (unpaired) electrons. The third-order valence-electron chi connectivity index (χ3n) is 3.87. The van der Waals surface area contributed by atoms with Gasteiger partial charge in [-0.05, 0) is 55.5 Å². The van der Waals surface area contributed by atoms with E-state index in [0.717, 1.165) is 5.56 Å². The standard InChI is InChI=1S/C18H17ClN2O3S/c1-3-23-17(22)15-10(2)20-18(25)21-16(15)14-9-8-13(24-14)11-4-6-12(19)7-5-11/h4-9,15-16H,2-3H2,1H3,(H2,20,21,25)/t15-,16+/m0/s1. The van der Waals surface area contributed by atoms with Crippen molar-refractivity contribution in [1.82, 2.24) is 10.6 Å². The van der Waals surface area contributed by atoms with Gasteiger partial charge in [-0.2, -0.15) is 0 Å². The van der Waals surface area contributed by atoms with Crippen LogP contribution in [0, 0.1) is 5.92 Å². The van der Waals surface area contributed by atoms with Crippen LogP contribution in [0.25, 0.3) is 11.3 Å². The maximum atomic E-state index is 12.4. The molecule has 2 N–H and O–H groups in total. The first-order valence-electron chi connectivity index (χ1n) is 7.78. The van der Waals surface area contributed by atoms with Gasteiger partial charge in [-0.1, -0.05) is 18.2 Å².